The third-order valence-corrected chi connectivity index (χ3v) is 2.13. The molecule has 3 unspecified atom stereocenters. The maximum atomic E-state index is 9.72. The summed E-state index contributed by atoms with van der Waals surface area (Å²) in [6, 6.07) is 0. The highest BCUT2D eigenvalue weighted by Gasteiger charge is 2.47. The summed E-state index contributed by atoms with van der Waals surface area (Å²) < 4.78 is 4.66. The summed E-state index contributed by atoms with van der Waals surface area (Å²) in [5, 5.41) is 0. The van der Waals surface area contributed by atoms with Gasteiger partial charge in [-0.15, -0.1) is 0 Å². The van der Waals surface area contributed by atoms with E-state index in [9.17, 15) is 4.79 Å². The van der Waals surface area contributed by atoms with E-state index < -0.39 is 0 Å². The van der Waals surface area contributed by atoms with Crippen molar-refractivity contribution >= 4 is 6.47 Å². The van der Waals surface area contributed by atoms with Crippen molar-refractivity contribution in [2.75, 3.05) is 0 Å². The van der Waals surface area contributed by atoms with Crippen molar-refractivity contribution in [1.82, 2.24) is 0 Å². The number of hydrogen-bond acceptors (Lipinski definition) is 2. The Morgan fingerprint density at radius 1 is 1.67 bits per heavy atom. The van der Waals surface area contributed by atoms with Crippen LogP contribution < -0.4 is 0 Å². The first kappa shape index (κ1) is 6.59. The van der Waals surface area contributed by atoms with Crippen LogP contribution in [0, 0.1) is 11.8 Å². The fourth-order valence-electron chi connectivity index (χ4n) is 1.36. The van der Waals surface area contributed by atoms with E-state index in [1.54, 1.807) is 0 Å². The lowest BCUT2D eigenvalue weighted by molar-refractivity contribution is 0.240. The zero-order chi connectivity index (χ0) is 6.85. The fraction of sp³-hybridized carbons (Fsp3) is 0.857. The lowest BCUT2D eigenvalue weighted by atomic mass is 10.3. The first-order chi connectivity index (χ1) is 4.31. The van der Waals surface area contributed by atoms with E-state index in [-0.39, 0.29) is 6.10 Å². The molecule has 0 spiro atoms. The minimum absolute atomic E-state index is 0.174. The van der Waals surface area contributed by atoms with Crippen LogP contribution in [-0.4, -0.2) is 12.6 Å². The molecule has 1 rings (SSSR count). The average molecular weight is 127 g/mol. The quantitative estimate of drug-likeness (QED) is 0.567. The predicted molar refractivity (Wildman–Crippen MR) is 33.5 cm³/mol. The highest BCUT2D eigenvalue weighted by atomic mass is 16.5. The molecule has 1 aliphatic carbocycles. The molecule has 9 heavy (non-hydrogen) atoms. The molecule has 51 valence electrons. The van der Waals surface area contributed by atoms with Crippen LogP contribution in [0.5, 0.6) is 0 Å². The van der Waals surface area contributed by atoms with Gasteiger partial charge in [0.1, 0.15) is 6.10 Å². The van der Waals surface area contributed by atoms with Crippen LogP contribution in [0.3, 0.4) is 0 Å². The maximum Gasteiger partial charge on any atom is 0.417 e. The molecule has 1 aliphatic rings. The van der Waals surface area contributed by atoms with Gasteiger partial charge in [-0.1, -0.05) is 13.8 Å². The molecule has 2 heteroatoms. The average Bonchev–Trinajstić information content (AvgIpc) is 2.44. The van der Waals surface area contributed by atoms with Gasteiger partial charge in [-0.25, -0.2) is 4.79 Å². The predicted octanol–water partition coefficient (Wildman–Crippen LogP) is 1.11. The van der Waals surface area contributed by atoms with Crippen LogP contribution in [0.15, 0.2) is 0 Å². The van der Waals surface area contributed by atoms with Gasteiger partial charge in [-0.05, 0) is 12.3 Å². The number of carbonyl (C=O) groups excluding carboxylic acids is 1. The molecule has 0 N–H and O–H groups in total. The molecule has 0 amide bonds. The highest BCUT2D eigenvalue weighted by molar-refractivity contribution is 5.39. The monoisotopic (exact) mass is 127 g/mol. The van der Waals surface area contributed by atoms with E-state index in [1.807, 2.05) is 0 Å². The summed E-state index contributed by atoms with van der Waals surface area (Å²) >= 11 is 0. The molecule has 0 bridgehead atoms. The van der Waals surface area contributed by atoms with Crippen molar-refractivity contribution in [3.8, 4) is 0 Å². The minimum atomic E-state index is 0.174. The first-order valence-electron chi connectivity index (χ1n) is 3.34. The summed E-state index contributed by atoms with van der Waals surface area (Å²) in [5.74, 6) is 1.17. The van der Waals surface area contributed by atoms with E-state index in [4.69, 9.17) is 0 Å². The van der Waals surface area contributed by atoms with Crippen molar-refractivity contribution in [1.29, 1.82) is 0 Å². The standard InChI is InChI=1S/C7H11O2/c1-3-6-5(2)7(6)9-4-8/h5-7H,3H2,1-2H3. The van der Waals surface area contributed by atoms with Crippen LogP contribution in [0.4, 0.5) is 0 Å². The van der Waals surface area contributed by atoms with Crippen molar-refractivity contribution in [2.45, 2.75) is 26.4 Å². The first-order valence-corrected chi connectivity index (χ1v) is 3.34. The Bertz CT molecular complexity index is 111. The molecule has 0 saturated heterocycles. The third-order valence-electron chi connectivity index (χ3n) is 2.13. The zero-order valence-corrected chi connectivity index (χ0v) is 5.76. The van der Waals surface area contributed by atoms with Gasteiger partial charge in [0.15, 0.2) is 0 Å². The highest BCUT2D eigenvalue weighted by Crippen LogP contribution is 2.43. The Morgan fingerprint density at radius 2 is 2.33 bits per heavy atom. The van der Waals surface area contributed by atoms with E-state index >= 15 is 0 Å². The van der Waals surface area contributed by atoms with Crippen LogP contribution in [0.25, 0.3) is 0 Å². The summed E-state index contributed by atoms with van der Waals surface area (Å²) in [6.07, 6.45) is 1.28. The topological polar surface area (TPSA) is 26.3 Å². The smallest absolute Gasteiger partial charge is 0.417 e. The molecule has 0 aromatic rings. The Morgan fingerprint density at radius 3 is 2.67 bits per heavy atom. The Kier molecular flexibility index (Phi) is 1.74. The molecule has 2 nitrogen and oxygen atoms in total. The Hall–Kier alpha value is -0.530. The number of rotatable bonds is 3. The van der Waals surface area contributed by atoms with Gasteiger partial charge < -0.3 is 4.74 Å². The maximum absolute atomic E-state index is 9.72. The third kappa shape index (κ3) is 1.07. The summed E-state index contributed by atoms with van der Waals surface area (Å²) in [6.45, 7) is 5.67. The molecule has 3 atom stereocenters. The molecule has 0 aromatic heterocycles. The van der Waals surface area contributed by atoms with Gasteiger partial charge in [0, 0.05) is 5.92 Å². The molecule has 1 saturated carbocycles. The van der Waals surface area contributed by atoms with Crippen molar-refractivity contribution in [2.24, 2.45) is 11.8 Å². The van der Waals surface area contributed by atoms with E-state index in [0.717, 1.165) is 6.42 Å². The molecule has 0 aromatic carbocycles. The Labute approximate surface area is 55.2 Å². The Balaban J connectivity index is 2.24. The summed E-state index contributed by atoms with van der Waals surface area (Å²) in [4.78, 5) is 9.72. The number of ether oxygens (including phenoxy) is 1. The van der Waals surface area contributed by atoms with E-state index in [2.05, 4.69) is 18.6 Å². The zero-order valence-electron chi connectivity index (χ0n) is 5.76. The van der Waals surface area contributed by atoms with Gasteiger partial charge in [0.25, 0.3) is 0 Å². The summed E-state index contributed by atoms with van der Waals surface area (Å²) in [7, 11) is 0. The normalized spacial score (nSPS) is 40.0. The lowest BCUT2D eigenvalue weighted by Gasteiger charge is -1.89. The minimum Gasteiger partial charge on any atom is -0.453 e. The van der Waals surface area contributed by atoms with Gasteiger partial charge in [0.05, 0.1) is 0 Å². The molecule has 0 heterocycles. The number of hydrogen-bond donors (Lipinski definition) is 0. The van der Waals surface area contributed by atoms with Crippen molar-refractivity contribution in [3.63, 3.8) is 0 Å². The van der Waals surface area contributed by atoms with Gasteiger partial charge in [-0.3, -0.25) is 0 Å². The van der Waals surface area contributed by atoms with Crippen LogP contribution in [0.2, 0.25) is 0 Å². The van der Waals surface area contributed by atoms with Gasteiger partial charge in [-0.2, -0.15) is 0 Å². The molecular weight excluding hydrogens is 116 g/mol. The van der Waals surface area contributed by atoms with Crippen LogP contribution in [-0.2, 0) is 9.53 Å². The molecular formula is C7H11O2. The van der Waals surface area contributed by atoms with Gasteiger partial charge >= 0.3 is 6.47 Å². The SMILES string of the molecule is CCC1C(C)C1O[C]=O. The van der Waals surface area contributed by atoms with Crippen LogP contribution >= 0.6 is 0 Å². The van der Waals surface area contributed by atoms with Crippen molar-refractivity contribution < 1.29 is 9.53 Å². The fourth-order valence-corrected chi connectivity index (χ4v) is 1.36. The second kappa shape index (κ2) is 2.38. The lowest BCUT2D eigenvalue weighted by Crippen LogP contribution is -1.93. The molecule has 0 aliphatic heterocycles. The second-order valence-electron chi connectivity index (χ2n) is 2.60. The van der Waals surface area contributed by atoms with Gasteiger partial charge in [0.2, 0.25) is 0 Å². The van der Waals surface area contributed by atoms with E-state index in [0.29, 0.717) is 11.8 Å². The second-order valence-corrected chi connectivity index (χ2v) is 2.60. The summed E-state index contributed by atoms with van der Waals surface area (Å²) in [5.41, 5.74) is 0. The van der Waals surface area contributed by atoms with Crippen molar-refractivity contribution in [3.05, 3.63) is 0 Å². The molecule has 1 fully saturated rings. The van der Waals surface area contributed by atoms with Crippen LogP contribution in [0.1, 0.15) is 20.3 Å². The largest absolute Gasteiger partial charge is 0.453 e. The molecule has 1 radical (unpaired) electrons. The van der Waals surface area contributed by atoms with E-state index in [1.165, 1.54) is 6.47 Å².